The van der Waals surface area contributed by atoms with Gasteiger partial charge >= 0.3 is 0 Å². The van der Waals surface area contributed by atoms with Crippen LogP contribution in [-0.2, 0) is 4.79 Å². The number of benzene rings is 1. The van der Waals surface area contributed by atoms with Gasteiger partial charge in [0.05, 0.1) is 11.4 Å². The van der Waals surface area contributed by atoms with Crippen LogP contribution >= 0.6 is 15.9 Å². The van der Waals surface area contributed by atoms with E-state index < -0.39 is 6.04 Å². The van der Waals surface area contributed by atoms with Crippen LogP contribution in [0, 0.1) is 6.92 Å². The first kappa shape index (κ1) is 13.7. The van der Waals surface area contributed by atoms with Crippen molar-refractivity contribution in [2.24, 2.45) is 5.73 Å². The Morgan fingerprint density at radius 1 is 1.26 bits per heavy atom. The van der Waals surface area contributed by atoms with Gasteiger partial charge in [0.2, 0.25) is 5.91 Å². The molecular formula is C14H14BrN3O. The lowest BCUT2D eigenvalue weighted by Crippen LogP contribution is -2.28. The highest BCUT2D eigenvalue weighted by Gasteiger charge is 2.16. The lowest BCUT2D eigenvalue weighted by molar-refractivity contribution is -0.117. The molecule has 0 aliphatic rings. The number of rotatable bonds is 3. The van der Waals surface area contributed by atoms with Crippen LogP contribution in [0.3, 0.4) is 0 Å². The van der Waals surface area contributed by atoms with Crippen LogP contribution in [-0.4, -0.2) is 10.9 Å². The fourth-order valence-electron chi connectivity index (χ4n) is 1.68. The van der Waals surface area contributed by atoms with Crippen LogP contribution in [0.2, 0.25) is 0 Å². The zero-order valence-electron chi connectivity index (χ0n) is 10.4. The summed E-state index contributed by atoms with van der Waals surface area (Å²) >= 11 is 3.28. The Balaban J connectivity index is 2.13. The number of aromatic nitrogens is 1. The van der Waals surface area contributed by atoms with Gasteiger partial charge in [0.25, 0.3) is 0 Å². The van der Waals surface area contributed by atoms with Gasteiger partial charge in [0, 0.05) is 0 Å². The molecule has 4 nitrogen and oxygen atoms in total. The van der Waals surface area contributed by atoms with Crippen molar-refractivity contribution in [3.8, 4) is 0 Å². The molecule has 0 unspecified atom stereocenters. The van der Waals surface area contributed by atoms with Gasteiger partial charge in [-0.25, -0.2) is 4.98 Å². The minimum absolute atomic E-state index is 0.251. The molecule has 0 saturated heterocycles. The number of carbonyl (C=O) groups excluding carboxylic acids is 1. The average molecular weight is 320 g/mol. The van der Waals surface area contributed by atoms with Gasteiger partial charge in [-0.3, -0.25) is 4.79 Å². The summed E-state index contributed by atoms with van der Waals surface area (Å²) in [5.74, 6) is -0.251. The summed E-state index contributed by atoms with van der Waals surface area (Å²) in [7, 11) is 0. The predicted molar refractivity (Wildman–Crippen MR) is 78.7 cm³/mol. The van der Waals surface area contributed by atoms with Gasteiger partial charge < -0.3 is 11.1 Å². The van der Waals surface area contributed by atoms with E-state index in [9.17, 15) is 4.79 Å². The number of halogens is 1. The minimum atomic E-state index is -0.691. The van der Waals surface area contributed by atoms with E-state index in [2.05, 4.69) is 26.2 Å². The van der Waals surface area contributed by atoms with Crippen LogP contribution in [0.5, 0.6) is 0 Å². The highest BCUT2D eigenvalue weighted by molar-refractivity contribution is 9.10. The summed E-state index contributed by atoms with van der Waals surface area (Å²) in [6.07, 6.45) is 0. The van der Waals surface area contributed by atoms with Crippen LogP contribution in [0.25, 0.3) is 0 Å². The predicted octanol–water partition coefficient (Wildman–Crippen LogP) is 2.79. The van der Waals surface area contributed by atoms with Gasteiger partial charge in [0.15, 0.2) is 0 Å². The third kappa shape index (κ3) is 3.39. The number of carbonyl (C=O) groups is 1. The highest BCUT2D eigenvalue weighted by Crippen LogP contribution is 2.18. The van der Waals surface area contributed by atoms with E-state index in [1.54, 1.807) is 12.1 Å². The number of anilines is 1. The molecular weight excluding hydrogens is 306 g/mol. The number of nitrogens with two attached hydrogens (primary N) is 1. The van der Waals surface area contributed by atoms with Gasteiger partial charge in [-0.1, -0.05) is 30.3 Å². The summed E-state index contributed by atoms with van der Waals surface area (Å²) in [6, 6.07) is 12.1. The van der Waals surface area contributed by atoms with E-state index in [0.29, 0.717) is 5.69 Å². The molecule has 1 amide bonds. The first-order valence-electron chi connectivity index (χ1n) is 5.82. The second-order valence-corrected chi connectivity index (χ2v) is 4.96. The monoisotopic (exact) mass is 319 g/mol. The molecule has 1 atom stereocenters. The molecule has 3 N–H and O–H groups in total. The fourth-order valence-corrected chi connectivity index (χ4v) is 2.08. The number of hydrogen-bond donors (Lipinski definition) is 2. The minimum Gasteiger partial charge on any atom is -0.323 e. The van der Waals surface area contributed by atoms with Crippen LogP contribution in [0.4, 0.5) is 5.69 Å². The van der Waals surface area contributed by atoms with E-state index in [1.807, 2.05) is 37.3 Å². The van der Waals surface area contributed by atoms with E-state index in [1.165, 1.54) is 0 Å². The largest absolute Gasteiger partial charge is 0.323 e. The van der Waals surface area contributed by atoms with Crippen molar-refractivity contribution in [1.82, 2.24) is 4.98 Å². The maximum atomic E-state index is 12.1. The number of aryl methyl sites for hydroxylation is 1. The van der Waals surface area contributed by atoms with E-state index >= 15 is 0 Å². The maximum Gasteiger partial charge on any atom is 0.245 e. The Bertz CT molecular complexity index is 586. The first-order chi connectivity index (χ1) is 9.08. The second-order valence-electron chi connectivity index (χ2n) is 4.14. The molecule has 0 fully saturated rings. The molecule has 1 heterocycles. The van der Waals surface area contributed by atoms with Gasteiger partial charge in [-0.15, -0.1) is 0 Å². The molecule has 19 heavy (non-hydrogen) atoms. The Hall–Kier alpha value is -1.72. The van der Waals surface area contributed by atoms with E-state index in [0.717, 1.165) is 15.9 Å². The molecule has 0 aliphatic carbocycles. The number of amides is 1. The third-order valence-corrected chi connectivity index (χ3v) is 3.19. The molecule has 1 aromatic carbocycles. The number of pyridine rings is 1. The molecule has 0 bridgehead atoms. The third-order valence-electron chi connectivity index (χ3n) is 2.75. The highest BCUT2D eigenvalue weighted by atomic mass is 79.9. The van der Waals surface area contributed by atoms with Crippen molar-refractivity contribution in [2.75, 3.05) is 5.32 Å². The zero-order valence-corrected chi connectivity index (χ0v) is 12.0. The van der Waals surface area contributed by atoms with Gasteiger partial charge in [-0.2, -0.15) is 0 Å². The van der Waals surface area contributed by atoms with Crippen LogP contribution in [0.15, 0.2) is 47.1 Å². The fraction of sp³-hybridized carbons (Fsp3) is 0.143. The van der Waals surface area contributed by atoms with Crippen molar-refractivity contribution < 1.29 is 4.79 Å². The number of nitrogens with one attached hydrogen (secondary N) is 1. The Morgan fingerprint density at radius 2 is 1.95 bits per heavy atom. The second kappa shape index (κ2) is 5.95. The molecule has 0 aliphatic heterocycles. The van der Waals surface area contributed by atoms with E-state index in [-0.39, 0.29) is 5.91 Å². The van der Waals surface area contributed by atoms with Crippen molar-refractivity contribution >= 4 is 27.5 Å². The average Bonchev–Trinajstić information content (AvgIpc) is 2.42. The van der Waals surface area contributed by atoms with Gasteiger partial charge in [-0.05, 0) is 40.5 Å². The molecule has 0 radical (unpaired) electrons. The quantitative estimate of drug-likeness (QED) is 0.855. The van der Waals surface area contributed by atoms with Crippen LogP contribution in [0.1, 0.15) is 17.3 Å². The van der Waals surface area contributed by atoms with Crippen molar-refractivity contribution in [3.05, 3.63) is 58.3 Å². The van der Waals surface area contributed by atoms with E-state index in [4.69, 9.17) is 5.73 Å². The summed E-state index contributed by atoms with van der Waals surface area (Å²) in [4.78, 5) is 16.3. The SMILES string of the molecule is Cc1nc(Br)ccc1NC(=O)[C@H](N)c1ccccc1. The maximum absolute atomic E-state index is 12.1. The Kier molecular flexibility index (Phi) is 4.29. The van der Waals surface area contributed by atoms with Crippen molar-refractivity contribution in [2.45, 2.75) is 13.0 Å². The smallest absolute Gasteiger partial charge is 0.245 e. The summed E-state index contributed by atoms with van der Waals surface area (Å²) in [5.41, 5.74) is 8.11. The lowest BCUT2D eigenvalue weighted by atomic mass is 10.1. The molecule has 1 aromatic heterocycles. The van der Waals surface area contributed by atoms with Crippen LogP contribution < -0.4 is 11.1 Å². The Morgan fingerprint density at radius 3 is 2.58 bits per heavy atom. The topological polar surface area (TPSA) is 68.0 Å². The number of hydrogen-bond acceptors (Lipinski definition) is 3. The molecule has 0 spiro atoms. The number of nitrogens with zero attached hydrogens (tertiary/aromatic N) is 1. The Labute approximate surface area is 120 Å². The van der Waals surface area contributed by atoms with Gasteiger partial charge in [0.1, 0.15) is 10.6 Å². The molecule has 5 heteroatoms. The lowest BCUT2D eigenvalue weighted by Gasteiger charge is -2.13. The summed E-state index contributed by atoms with van der Waals surface area (Å²) in [6.45, 7) is 1.83. The molecule has 2 rings (SSSR count). The summed E-state index contributed by atoms with van der Waals surface area (Å²) < 4.78 is 0.732. The standard InChI is InChI=1S/C14H14BrN3O/c1-9-11(7-8-12(15)17-9)18-14(19)13(16)10-5-3-2-4-6-10/h2-8,13H,16H2,1H3,(H,18,19)/t13-/m1/s1. The van der Waals surface area contributed by atoms with Crippen molar-refractivity contribution in [3.63, 3.8) is 0 Å². The first-order valence-corrected chi connectivity index (χ1v) is 6.62. The van der Waals surface area contributed by atoms with Crippen molar-refractivity contribution in [1.29, 1.82) is 0 Å². The molecule has 0 saturated carbocycles. The zero-order chi connectivity index (χ0) is 13.8. The molecule has 2 aromatic rings. The normalized spacial score (nSPS) is 11.9. The molecule has 98 valence electrons. The summed E-state index contributed by atoms with van der Waals surface area (Å²) in [5, 5.41) is 2.79.